The van der Waals surface area contributed by atoms with Gasteiger partial charge in [0.15, 0.2) is 0 Å². The molecule has 1 aliphatic heterocycles. The lowest BCUT2D eigenvalue weighted by Crippen LogP contribution is -2.41. The van der Waals surface area contributed by atoms with Crippen molar-refractivity contribution >= 4 is 39.6 Å². The first kappa shape index (κ1) is 18.8. The summed E-state index contributed by atoms with van der Waals surface area (Å²) < 4.78 is 0.618. The van der Waals surface area contributed by atoms with Gasteiger partial charge in [-0.3, -0.25) is 34.9 Å². The van der Waals surface area contributed by atoms with E-state index in [1.54, 1.807) is 48.5 Å². The van der Waals surface area contributed by atoms with Crippen LogP contribution in [0.4, 0.5) is 0 Å². The minimum Gasteiger partial charge on any atom is -0.278 e. The summed E-state index contributed by atoms with van der Waals surface area (Å²) in [5.41, 5.74) is 6.19. The van der Waals surface area contributed by atoms with Crippen molar-refractivity contribution in [2.45, 2.75) is 19.4 Å². The summed E-state index contributed by atoms with van der Waals surface area (Å²) in [6, 6.07) is 13.3. The van der Waals surface area contributed by atoms with Crippen LogP contribution in [-0.2, 0) is 16.1 Å². The average Bonchev–Trinajstić information content (AvgIpc) is 2.99. The molecule has 0 aliphatic carbocycles. The first-order valence-electron chi connectivity index (χ1n) is 8.23. The van der Waals surface area contributed by atoms with Gasteiger partial charge in [-0.05, 0) is 45.8 Å². The highest BCUT2D eigenvalue weighted by atomic mass is 79.9. The standard InChI is InChI=1S/C19H16BrN3O4/c20-15-4-2-1-3-14(15)19(27)22-21-18(26)13-7-5-12(6-8-13)11-23-16(24)9-10-17(23)25/h1-8H,9-11H2,(H,21,26)(H,22,27). The van der Waals surface area contributed by atoms with E-state index < -0.39 is 11.8 Å². The fourth-order valence-corrected chi connectivity index (χ4v) is 3.11. The van der Waals surface area contributed by atoms with Gasteiger partial charge in [-0.15, -0.1) is 0 Å². The molecule has 2 aromatic carbocycles. The molecule has 1 fully saturated rings. The summed E-state index contributed by atoms with van der Waals surface area (Å²) >= 11 is 3.28. The molecule has 7 nitrogen and oxygen atoms in total. The van der Waals surface area contributed by atoms with E-state index in [9.17, 15) is 19.2 Å². The molecule has 2 N–H and O–H groups in total. The van der Waals surface area contributed by atoms with Crippen LogP contribution in [0.5, 0.6) is 0 Å². The van der Waals surface area contributed by atoms with Crippen molar-refractivity contribution in [2.24, 2.45) is 0 Å². The summed E-state index contributed by atoms with van der Waals surface area (Å²) in [4.78, 5) is 48.8. The number of halogens is 1. The summed E-state index contributed by atoms with van der Waals surface area (Å²) in [7, 11) is 0. The third-order valence-electron chi connectivity index (χ3n) is 4.12. The van der Waals surface area contributed by atoms with E-state index in [0.29, 0.717) is 15.6 Å². The highest BCUT2D eigenvalue weighted by Crippen LogP contribution is 2.17. The summed E-state index contributed by atoms with van der Waals surface area (Å²) in [6.45, 7) is 0.193. The number of likely N-dealkylation sites (tertiary alicyclic amines) is 1. The smallest absolute Gasteiger partial charge is 0.270 e. The molecule has 0 spiro atoms. The lowest BCUT2D eigenvalue weighted by Gasteiger charge is -2.14. The van der Waals surface area contributed by atoms with Gasteiger partial charge in [0.25, 0.3) is 11.8 Å². The zero-order valence-corrected chi connectivity index (χ0v) is 15.8. The largest absolute Gasteiger partial charge is 0.278 e. The van der Waals surface area contributed by atoms with Crippen LogP contribution in [0, 0.1) is 0 Å². The van der Waals surface area contributed by atoms with Crippen molar-refractivity contribution in [3.8, 4) is 0 Å². The molecule has 0 atom stereocenters. The third-order valence-corrected chi connectivity index (χ3v) is 4.81. The van der Waals surface area contributed by atoms with E-state index in [0.717, 1.165) is 5.56 Å². The Bertz CT molecular complexity index is 895. The minimum atomic E-state index is -0.477. The monoisotopic (exact) mass is 429 g/mol. The number of imide groups is 1. The normalized spacial score (nSPS) is 13.6. The first-order valence-corrected chi connectivity index (χ1v) is 9.02. The van der Waals surface area contributed by atoms with Crippen LogP contribution in [0.1, 0.15) is 39.1 Å². The van der Waals surface area contributed by atoms with E-state index in [4.69, 9.17) is 0 Å². The molecule has 0 radical (unpaired) electrons. The zero-order valence-electron chi connectivity index (χ0n) is 14.2. The number of rotatable bonds is 4. The number of carbonyl (C=O) groups is 4. The molecule has 1 aliphatic rings. The van der Waals surface area contributed by atoms with Crippen LogP contribution in [0.25, 0.3) is 0 Å². The summed E-state index contributed by atoms with van der Waals surface area (Å²) in [5.74, 6) is -1.29. The first-order chi connectivity index (χ1) is 13.0. The minimum absolute atomic E-state index is 0.184. The van der Waals surface area contributed by atoms with Gasteiger partial charge in [0, 0.05) is 22.9 Å². The van der Waals surface area contributed by atoms with Crippen LogP contribution in [-0.4, -0.2) is 28.5 Å². The zero-order chi connectivity index (χ0) is 19.4. The molecule has 27 heavy (non-hydrogen) atoms. The van der Waals surface area contributed by atoms with Crippen LogP contribution in [0.15, 0.2) is 53.0 Å². The Balaban J connectivity index is 1.57. The molecular formula is C19H16BrN3O4. The van der Waals surface area contributed by atoms with Crippen LogP contribution >= 0.6 is 15.9 Å². The molecule has 8 heteroatoms. The Hall–Kier alpha value is -3.00. The molecule has 0 saturated carbocycles. The Morgan fingerprint density at radius 2 is 1.48 bits per heavy atom. The molecule has 2 aromatic rings. The number of hydrazine groups is 1. The molecular weight excluding hydrogens is 414 g/mol. The molecule has 1 heterocycles. The lowest BCUT2D eigenvalue weighted by atomic mass is 10.1. The average molecular weight is 430 g/mol. The number of nitrogens with zero attached hydrogens (tertiary/aromatic N) is 1. The van der Waals surface area contributed by atoms with E-state index >= 15 is 0 Å². The summed E-state index contributed by atoms with van der Waals surface area (Å²) in [6.07, 6.45) is 0.493. The maximum Gasteiger partial charge on any atom is 0.270 e. The van der Waals surface area contributed by atoms with Crippen molar-refractivity contribution in [3.63, 3.8) is 0 Å². The third kappa shape index (κ3) is 4.40. The van der Waals surface area contributed by atoms with Crippen molar-refractivity contribution in [1.82, 2.24) is 15.8 Å². The van der Waals surface area contributed by atoms with Gasteiger partial charge in [0.2, 0.25) is 11.8 Å². The second-order valence-corrected chi connectivity index (χ2v) is 6.81. The number of hydrogen-bond acceptors (Lipinski definition) is 4. The van der Waals surface area contributed by atoms with Crippen LogP contribution in [0.2, 0.25) is 0 Å². The van der Waals surface area contributed by atoms with Gasteiger partial charge < -0.3 is 0 Å². The Morgan fingerprint density at radius 3 is 2.11 bits per heavy atom. The van der Waals surface area contributed by atoms with Gasteiger partial charge in [0.05, 0.1) is 12.1 Å². The number of amides is 4. The van der Waals surface area contributed by atoms with Gasteiger partial charge in [-0.25, -0.2) is 0 Å². The van der Waals surface area contributed by atoms with Crippen molar-refractivity contribution < 1.29 is 19.2 Å². The topological polar surface area (TPSA) is 95.6 Å². The fraction of sp³-hybridized carbons (Fsp3) is 0.158. The molecule has 0 aromatic heterocycles. The summed E-state index contributed by atoms with van der Waals surface area (Å²) in [5, 5.41) is 0. The number of nitrogens with one attached hydrogen (secondary N) is 2. The lowest BCUT2D eigenvalue weighted by molar-refractivity contribution is -0.139. The molecule has 4 amide bonds. The maximum atomic E-state index is 12.2. The number of carbonyl (C=O) groups excluding carboxylic acids is 4. The predicted octanol–water partition coefficient (Wildman–Crippen LogP) is 2.17. The van der Waals surface area contributed by atoms with E-state index in [2.05, 4.69) is 26.8 Å². The van der Waals surface area contributed by atoms with Crippen LogP contribution in [0.3, 0.4) is 0 Å². The molecule has 138 valence electrons. The van der Waals surface area contributed by atoms with E-state index in [-0.39, 0.29) is 31.2 Å². The number of hydrogen-bond donors (Lipinski definition) is 2. The van der Waals surface area contributed by atoms with Crippen molar-refractivity contribution in [1.29, 1.82) is 0 Å². The Labute approximate surface area is 163 Å². The highest BCUT2D eigenvalue weighted by molar-refractivity contribution is 9.10. The van der Waals surface area contributed by atoms with Crippen molar-refractivity contribution in [3.05, 3.63) is 69.7 Å². The molecule has 0 unspecified atom stereocenters. The predicted molar refractivity (Wildman–Crippen MR) is 100 cm³/mol. The maximum absolute atomic E-state index is 12.2. The van der Waals surface area contributed by atoms with Gasteiger partial charge in [-0.2, -0.15) is 0 Å². The van der Waals surface area contributed by atoms with Gasteiger partial charge >= 0.3 is 0 Å². The van der Waals surface area contributed by atoms with Crippen LogP contribution < -0.4 is 10.9 Å². The van der Waals surface area contributed by atoms with E-state index in [1.807, 2.05) is 0 Å². The highest BCUT2D eigenvalue weighted by Gasteiger charge is 2.28. The van der Waals surface area contributed by atoms with Gasteiger partial charge in [0.1, 0.15) is 0 Å². The Kier molecular flexibility index (Phi) is 5.66. The second kappa shape index (κ2) is 8.13. The van der Waals surface area contributed by atoms with Gasteiger partial charge in [-0.1, -0.05) is 24.3 Å². The SMILES string of the molecule is O=C(NNC(=O)c1ccccc1Br)c1ccc(CN2C(=O)CCC2=O)cc1. The number of benzene rings is 2. The molecule has 3 rings (SSSR count). The second-order valence-electron chi connectivity index (χ2n) is 5.96. The fourth-order valence-electron chi connectivity index (χ4n) is 2.64. The molecule has 1 saturated heterocycles. The Morgan fingerprint density at radius 1 is 0.889 bits per heavy atom. The van der Waals surface area contributed by atoms with Crippen molar-refractivity contribution in [2.75, 3.05) is 0 Å². The quantitative estimate of drug-likeness (QED) is 0.574. The van der Waals surface area contributed by atoms with E-state index in [1.165, 1.54) is 4.90 Å². The molecule has 0 bridgehead atoms.